The molecule has 6 aromatic rings. The third kappa shape index (κ3) is 4.91. The highest BCUT2D eigenvalue weighted by Crippen LogP contribution is 2.51. The van der Waals surface area contributed by atoms with Crippen LogP contribution < -0.4 is 5.73 Å². The van der Waals surface area contributed by atoms with Crippen molar-refractivity contribution >= 4 is 17.8 Å². The molecule has 186 valence electrons. The second kappa shape index (κ2) is 11.1. The van der Waals surface area contributed by atoms with E-state index in [0.29, 0.717) is 0 Å². The van der Waals surface area contributed by atoms with Gasteiger partial charge in [0.15, 0.2) is 0 Å². The van der Waals surface area contributed by atoms with Crippen molar-refractivity contribution in [2.75, 3.05) is 5.73 Å². The zero-order chi connectivity index (χ0) is 26.4. The van der Waals surface area contributed by atoms with Gasteiger partial charge in [-0.05, 0) is 44.5 Å². The van der Waals surface area contributed by atoms with E-state index in [1.54, 1.807) is 0 Å². The second-order valence-corrected chi connectivity index (χ2v) is 9.54. The highest BCUT2D eigenvalue weighted by Gasteiger charge is 2.25. The van der Waals surface area contributed by atoms with Crippen molar-refractivity contribution in [1.29, 1.82) is 0 Å². The molecule has 0 amide bonds. The standard InChI is InChI=1S/C38H29N/c39-38-36(31-22-12-4-13-23-31)34(29-18-8-2-9-19-29)33(27-26-28-16-6-1-7-17-28)35(30-20-10-3-11-21-30)37(38)32-24-14-5-15-25-32/h1-27H,39H2/b27-26+. The highest BCUT2D eigenvalue weighted by atomic mass is 14.6. The zero-order valence-electron chi connectivity index (χ0n) is 21.7. The van der Waals surface area contributed by atoms with E-state index < -0.39 is 0 Å². The normalized spacial score (nSPS) is 11.1. The van der Waals surface area contributed by atoms with E-state index in [9.17, 15) is 0 Å². The maximum atomic E-state index is 7.28. The van der Waals surface area contributed by atoms with Gasteiger partial charge in [0.2, 0.25) is 0 Å². The molecule has 0 aliphatic heterocycles. The van der Waals surface area contributed by atoms with Crippen LogP contribution in [0.4, 0.5) is 5.69 Å². The summed E-state index contributed by atoms with van der Waals surface area (Å²) in [6.07, 6.45) is 4.46. The van der Waals surface area contributed by atoms with Crippen molar-refractivity contribution < 1.29 is 0 Å². The number of hydrogen-bond acceptors (Lipinski definition) is 1. The van der Waals surface area contributed by atoms with Gasteiger partial charge in [0.25, 0.3) is 0 Å². The number of rotatable bonds is 6. The molecule has 0 aliphatic rings. The Kier molecular flexibility index (Phi) is 6.88. The average molecular weight is 500 g/mol. The number of benzene rings is 6. The molecule has 6 aromatic carbocycles. The van der Waals surface area contributed by atoms with E-state index in [1.807, 2.05) is 6.07 Å². The predicted octanol–water partition coefficient (Wildman–Crippen LogP) is 10.1. The Balaban J connectivity index is 1.81. The third-order valence-electron chi connectivity index (χ3n) is 7.07. The van der Waals surface area contributed by atoms with E-state index in [4.69, 9.17) is 5.73 Å². The van der Waals surface area contributed by atoms with Crippen LogP contribution in [0, 0.1) is 0 Å². The Labute approximate surface area is 230 Å². The van der Waals surface area contributed by atoms with Crippen LogP contribution in [0.5, 0.6) is 0 Å². The summed E-state index contributed by atoms with van der Waals surface area (Å²) >= 11 is 0. The molecular weight excluding hydrogens is 470 g/mol. The van der Waals surface area contributed by atoms with Crippen molar-refractivity contribution in [2.45, 2.75) is 0 Å². The van der Waals surface area contributed by atoms with Crippen LogP contribution in [0.2, 0.25) is 0 Å². The quantitative estimate of drug-likeness (QED) is 0.179. The summed E-state index contributed by atoms with van der Waals surface area (Å²) in [7, 11) is 0. The first-order valence-electron chi connectivity index (χ1n) is 13.3. The Hall–Kier alpha value is -5.14. The summed E-state index contributed by atoms with van der Waals surface area (Å²) < 4.78 is 0. The lowest BCUT2D eigenvalue weighted by Crippen LogP contribution is -2.03. The largest absolute Gasteiger partial charge is 0.398 e. The summed E-state index contributed by atoms with van der Waals surface area (Å²) in [4.78, 5) is 0. The van der Waals surface area contributed by atoms with E-state index in [1.165, 1.54) is 0 Å². The highest BCUT2D eigenvalue weighted by molar-refractivity contribution is 6.10. The molecule has 0 unspecified atom stereocenters. The van der Waals surface area contributed by atoms with Gasteiger partial charge >= 0.3 is 0 Å². The Morgan fingerprint density at radius 3 is 1.00 bits per heavy atom. The average Bonchev–Trinajstić information content (AvgIpc) is 3.02. The molecule has 0 radical (unpaired) electrons. The van der Waals surface area contributed by atoms with Crippen LogP contribution in [0.1, 0.15) is 11.1 Å². The predicted molar refractivity (Wildman–Crippen MR) is 168 cm³/mol. The van der Waals surface area contributed by atoms with Crippen molar-refractivity contribution in [3.63, 3.8) is 0 Å². The Bertz CT molecular complexity index is 1600. The van der Waals surface area contributed by atoms with E-state index in [-0.39, 0.29) is 0 Å². The lowest BCUT2D eigenvalue weighted by Gasteiger charge is -2.25. The van der Waals surface area contributed by atoms with Crippen molar-refractivity contribution in [3.8, 4) is 44.5 Å². The monoisotopic (exact) mass is 499 g/mol. The van der Waals surface area contributed by atoms with Gasteiger partial charge in [-0.25, -0.2) is 0 Å². The molecule has 0 aliphatic carbocycles. The molecule has 1 heteroatoms. The Morgan fingerprint density at radius 1 is 0.333 bits per heavy atom. The van der Waals surface area contributed by atoms with Crippen LogP contribution in [0.15, 0.2) is 152 Å². The molecule has 2 N–H and O–H groups in total. The minimum Gasteiger partial charge on any atom is -0.398 e. The smallest absolute Gasteiger partial charge is 0.0486 e. The second-order valence-electron chi connectivity index (χ2n) is 9.54. The first kappa shape index (κ1) is 24.2. The number of hydrogen-bond donors (Lipinski definition) is 1. The minimum atomic E-state index is 0.780. The van der Waals surface area contributed by atoms with E-state index in [2.05, 4.69) is 158 Å². The summed E-state index contributed by atoms with van der Waals surface area (Å²) in [5.74, 6) is 0. The fourth-order valence-corrected chi connectivity index (χ4v) is 5.32. The van der Waals surface area contributed by atoms with Crippen LogP contribution in [0.25, 0.3) is 56.7 Å². The lowest BCUT2D eigenvalue weighted by molar-refractivity contribution is 1.52. The van der Waals surface area contributed by atoms with Crippen LogP contribution in [0.3, 0.4) is 0 Å². The van der Waals surface area contributed by atoms with Gasteiger partial charge in [0, 0.05) is 16.8 Å². The van der Waals surface area contributed by atoms with Gasteiger partial charge in [-0.3, -0.25) is 0 Å². The van der Waals surface area contributed by atoms with Crippen molar-refractivity contribution in [3.05, 3.63) is 163 Å². The minimum absolute atomic E-state index is 0.780. The molecule has 0 bridgehead atoms. The van der Waals surface area contributed by atoms with Gasteiger partial charge in [-0.1, -0.05) is 164 Å². The molecule has 0 saturated heterocycles. The molecule has 39 heavy (non-hydrogen) atoms. The molecule has 0 fully saturated rings. The summed E-state index contributed by atoms with van der Waals surface area (Å²) in [5, 5.41) is 0. The molecule has 0 spiro atoms. The SMILES string of the molecule is Nc1c(-c2ccccc2)c(-c2ccccc2)c(/C=C/c2ccccc2)c(-c2ccccc2)c1-c1ccccc1. The number of nitrogens with two attached hydrogens (primary N) is 1. The molecule has 0 atom stereocenters. The summed E-state index contributed by atoms with van der Waals surface area (Å²) in [5.41, 5.74) is 19.2. The third-order valence-corrected chi connectivity index (χ3v) is 7.07. The summed E-state index contributed by atoms with van der Waals surface area (Å²) in [6, 6.07) is 52.7. The lowest BCUT2D eigenvalue weighted by atomic mass is 9.79. The molecule has 1 nitrogen and oxygen atoms in total. The van der Waals surface area contributed by atoms with Gasteiger partial charge in [0.05, 0.1) is 0 Å². The zero-order valence-corrected chi connectivity index (χ0v) is 21.7. The van der Waals surface area contributed by atoms with Gasteiger partial charge in [-0.15, -0.1) is 0 Å². The van der Waals surface area contributed by atoms with Crippen LogP contribution in [-0.2, 0) is 0 Å². The number of nitrogen functional groups attached to an aromatic ring is 1. The first-order valence-corrected chi connectivity index (χ1v) is 13.3. The topological polar surface area (TPSA) is 26.0 Å². The first-order chi connectivity index (χ1) is 19.3. The molecule has 0 aromatic heterocycles. The summed E-state index contributed by atoms with van der Waals surface area (Å²) in [6.45, 7) is 0. The van der Waals surface area contributed by atoms with Crippen molar-refractivity contribution in [1.82, 2.24) is 0 Å². The fraction of sp³-hybridized carbons (Fsp3) is 0. The Morgan fingerprint density at radius 2 is 0.641 bits per heavy atom. The van der Waals surface area contributed by atoms with E-state index >= 15 is 0 Å². The van der Waals surface area contributed by atoms with Gasteiger partial charge < -0.3 is 5.73 Å². The fourth-order valence-electron chi connectivity index (χ4n) is 5.32. The maximum Gasteiger partial charge on any atom is 0.0486 e. The van der Waals surface area contributed by atoms with Gasteiger partial charge in [0.1, 0.15) is 0 Å². The number of anilines is 1. The molecule has 6 rings (SSSR count). The molecule has 0 heterocycles. The van der Waals surface area contributed by atoms with E-state index in [0.717, 1.165) is 61.3 Å². The molecular formula is C38H29N. The van der Waals surface area contributed by atoms with Crippen LogP contribution >= 0.6 is 0 Å². The van der Waals surface area contributed by atoms with Crippen molar-refractivity contribution in [2.24, 2.45) is 0 Å². The molecule has 0 saturated carbocycles. The maximum absolute atomic E-state index is 7.28. The van der Waals surface area contributed by atoms with Crippen LogP contribution in [-0.4, -0.2) is 0 Å². The van der Waals surface area contributed by atoms with Gasteiger partial charge in [-0.2, -0.15) is 0 Å².